The molecule has 1 amide bonds. The zero-order valence-corrected chi connectivity index (χ0v) is 17.2. The van der Waals surface area contributed by atoms with Crippen molar-refractivity contribution >= 4 is 23.5 Å². The van der Waals surface area contributed by atoms with E-state index in [-0.39, 0.29) is 10.7 Å². The number of ether oxygens (including phenoxy) is 1. The molecule has 0 aliphatic carbocycles. The molecule has 1 N–H and O–H groups in total. The molecule has 0 fully saturated rings. The molecule has 0 unspecified atom stereocenters. The summed E-state index contributed by atoms with van der Waals surface area (Å²) in [4.78, 5) is 28.6. The summed E-state index contributed by atoms with van der Waals surface area (Å²) in [5.74, 6) is -0.746. The minimum Gasteiger partial charge on any atom is -0.451 e. The molecule has 29 heavy (non-hydrogen) atoms. The number of carbonyl (C=O) groups excluding carboxylic acids is 2. The molecule has 0 radical (unpaired) electrons. The molecule has 0 saturated carbocycles. The number of nitrogens with zero attached hydrogens (tertiary/aromatic N) is 3. The molecule has 2 aromatic heterocycles. The van der Waals surface area contributed by atoms with Crippen LogP contribution in [0.5, 0.6) is 0 Å². The van der Waals surface area contributed by atoms with Gasteiger partial charge in [-0.15, -0.1) is 0 Å². The Hall–Kier alpha value is -3.19. The van der Waals surface area contributed by atoms with Gasteiger partial charge in [0.15, 0.2) is 18.1 Å². The Bertz CT molecular complexity index is 1040. The number of hydrogen-bond donors (Lipinski definition) is 1. The van der Waals surface area contributed by atoms with E-state index in [1.807, 2.05) is 51.1 Å². The lowest BCUT2D eigenvalue weighted by atomic mass is 10.1. The summed E-state index contributed by atoms with van der Waals surface area (Å²) in [5.41, 5.74) is 3.72. The maximum atomic E-state index is 12.4. The van der Waals surface area contributed by atoms with Crippen LogP contribution in [-0.4, -0.2) is 33.2 Å². The SMILES string of the molecule is Cc1ccc(CNC(=O)COC(=O)c2nc(-n3nc(C)cc3C)ccc2Cl)cc1. The van der Waals surface area contributed by atoms with Crippen molar-refractivity contribution in [1.29, 1.82) is 0 Å². The molecule has 0 aliphatic heterocycles. The quantitative estimate of drug-likeness (QED) is 0.627. The molecular formula is C21H21ClN4O3. The molecule has 0 saturated heterocycles. The van der Waals surface area contributed by atoms with Crippen LogP contribution in [0.25, 0.3) is 5.82 Å². The van der Waals surface area contributed by atoms with Crippen LogP contribution in [0.1, 0.15) is 33.0 Å². The summed E-state index contributed by atoms with van der Waals surface area (Å²) in [7, 11) is 0. The van der Waals surface area contributed by atoms with Crippen LogP contribution in [0.2, 0.25) is 5.02 Å². The molecule has 7 nitrogen and oxygen atoms in total. The normalized spacial score (nSPS) is 10.6. The Kier molecular flexibility index (Phi) is 6.29. The van der Waals surface area contributed by atoms with Crippen LogP contribution in [-0.2, 0) is 16.1 Å². The van der Waals surface area contributed by atoms with Gasteiger partial charge in [-0.05, 0) is 44.5 Å². The van der Waals surface area contributed by atoms with E-state index < -0.39 is 18.5 Å². The summed E-state index contributed by atoms with van der Waals surface area (Å²) >= 11 is 6.10. The second-order valence-electron chi connectivity index (χ2n) is 6.68. The predicted molar refractivity (Wildman–Crippen MR) is 109 cm³/mol. The van der Waals surface area contributed by atoms with E-state index in [1.54, 1.807) is 16.8 Å². The Labute approximate surface area is 173 Å². The molecule has 0 aliphatic rings. The zero-order valence-electron chi connectivity index (χ0n) is 16.4. The van der Waals surface area contributed by atoms with Gasteiger partial charge in [0, 0.05) is 12.2 Å². The molecule has 2 heterocycles. The molecular weight excluding hydrogens is 392 g/mol. The number of rotatable bonds is 6. The van der Waals surface area contributed by atoms with Gasteiger partial charge >= 0.3 is 5.97 Å². The van der Waals surface area contributed by atoms with E-state index in [4.69, 9.17) is 16.3 Å². The molecule has 0 spiro atoms. The number of carbonyl (C=O) groups is 2. The number of benzene rings is 1. The predicted octanol–water partition coefficient (Wildman–Crippen LogP) is 3.32. The number of aryl methyl sites for hydroxylation is 3. The first kappa shape index (κ1) is 20.5. The van der Waals surface area contributed by atoms with Gasteiger partial charge in [0.05, 0.1) is 10.7 Å². The largest absolute Gasteiger partial charge is 0.451 e. The molecule has 8 heteroatoms. The second kappa shape index (κ2) is 8.87. The topological polar surface area (TPSA) is 86.1 Å². The monoisotopic (exact) mass is 412 g/mol. The van der Waals surface area contributed by atoms with Crippen LogP contribution >= 0.6 is 11.6 Å². The smallest absolute Gasteiger partial charge is 0.359 e. The van der Waals surface area contributed by atoms with E-state index in [1.165, 1.54) is 0 Å². The lowest BCUT2D eigenvalue weighted by molar-refractivity contribution is -0.124. The van der Waals surface area contributed by atoms with Crippen molar-refractivity contribution in [2.45, 2.75) is 27.3 Å². The number of esters is 1. The maximum Gasteiger partial charge on any atom is 0.359 e. The summed E-state index contributed by atoms with van der Waals surface area (Å²) in [6.45, 7) is 5.66. The average molecular weight is 413 g/mol. The van der Waals surface area contributed by atoms with Crippen molar-refractivity contribution in [2.24, 2.45) is 0 Å². The number of aromatic nitrogens is 3. The lowest BCUT2D eigenvalue weighted by Gasteiger charge is -2.09. The number of nitrogens with one attached hydrogen (secondary N) is 1. The molecule has 0 atom stereocenters. The highest BCUT2D eigenvalue weighted by Crippen LogP contribution is 2.18. The number of amides is 1. The van der Waals surface area contributed by atoms with Crippen molar-refractivity contribution in [1.82, 2.24) is 20.1 Å². The van der Waals surface area contributed by atoms with Crippen LogP contribution in [0.3, 0.4) is 0 Å². The first-order valence-electron chi connectivity index (χ1n) is 9.03. The fraction of sp³-hybridized carbons (Fsp3) is 0.238. The van der Waals surface area contributed by atoms with Crippen LogP contribution in [0.4, 0.5) is 0 Å². The van der Waals surface area contributed by atoms with E-state index in [2.05, 4.69) is 15.4 Å². The van der Waals surface area contributed by atoms with Crippen molar-refractivity contribution in [3.63, 3.8) is 0 Å². The van der Waals surface area contributed by atoms with Gasteiger partial charge < -0.3 is 10.1 Å². The Morgan fingerprint density at radius 2 is 1.83 bits per heavy atom. The van der Waals surface area contributed by atoms with Crippen LogP contribution in [0.15, 0.2) is 42.5 Å². The third-order valence-corrected chi connectivity index (χ3v) is 4.50. The van der Waals surface area contributed by atoms with E-state index in [0.29, 0.717) is 12.4 Å². The number of hydrogen-bond acceptors (Lipinski definition) is 5. The fourth-order valence-corrected chi connectivity index (χ4v) is 2.89. The van der Waals surface area contributed by atoms with E-state index in [0.717, 1.165) is 22.5 Å². The minimum absolute atomic E-state index is 0.0666. The van der Waals surface area contributed by atoms with Gasteiger partial charge in [-0.2, -0.15) is 5.10 Å². The Morgan fingerprint density at radius 3 is 2.48 bits per heavy atom. The van der Waals surface area contributed by atoms with Gasteiger partial charge in [0.2, 0.25) is 0 Å². The third-order valence-electron chi connectivity index (χ3n) is 4.20. The lowest BCUT2D eigenvalue weighted by Crippen LogP contribution is -2.28. The van der Waals surface area contributed by atoms with Gasteiger partial charge in [-0.1, -0.05) is 41.4 Å². The first-order chi connectivity index (χ1) is 13.8. The molecule has 150 valence electrons. The summed E-state index contributed by atoms with van der Waals surface area (Å²) in [5, 5.41) is 7.18. The fourth-order valence-electron chi connectivity index (χ4n) is 2.71. The van der Waals surface area contributed by atoms with Crippen molar-refractivity contribution in [3.8, 4) is 5.82 Å². The van der Waals surface area contributed by atoms with Gasteiger partial charge in [0.1, 0.15) is 0 Å². The molecule has 3 aromatic rings. The average Bonchev–Trinajstić information content (AvgIpc) is 3.04. The first-order valence-corrected chi connectivity index (χ1v) is 9.41. The zero-order chi connectivity index (χ0) is 21.0. The van der Waals surface area contributed by atoms with Crippen LogP contribution < -0.4 is 5.32 Å². The molecule has 3 rings (SSSR count). The van der Waals surface area contributed by atoms with Gasteiger partial charge in [0.25, 0.3) is 5.91 Å². The standard InChI is InChI=1S/C21H21ClN4O3/c1-13-4-6-16(7-5-13)11-23-19(27)12-29-21(28)20-17(22)8-9-18(24-20)26-15(3)10-14(2)25-26/h4-10H,11-12H2,1-3H3,(H,23,27). The number of pyridine rings is 1. The minimum atomic E-state index is -0.774. The Balaban J connectivity index is 1.61. The summed E-state index contributed by atoms with van der Waals surface area (Å²) in [6, 6.07) is 12.9. The van der Waals surface area contributed by atoms with Crippen molar-refractivity contribution in [3.05, 3.63) is 75.7 Å². The number of halogens is 1. The Morgan fingerprint density at radius 1 is 1.10 bits per heavy atom. The maximum absolute atomic E-state index is 12.4. The van der Waals surface area contributed by atoms with Crippen molar-refractivity contribution in [2.75, 3.05) is 6.61 Å². The van der Waals surface area contributed by atoms with E-state index >= 15 is 0 Å². The third kappa shape index (κ3) is 5.20. The van der Waals surface area contributed by atoms with Crippen molar-refractivity contribution < 1.29 is 14.3 Å². The highest BCUT2D eigenvalue weighted by Gasteiger charge is 2.18. The molecule has 0 bridgehead atoms. The highest BCUT2D eigenvalue weighted by atomic mass is 35.5. The molecule has 1 aromatic carbocycles. The van der Waals surface area contributed by atoms with Crippen LogP contribution in [0, 0.1) is 20.8 Å². The van der Waals surface area contributed by atoms with Gasteiger partial charge in [-0.3, -0.25) is 4.79 Å². The highest BCUT2D eigenvalue weighted by molar-refractivity contribution is 6.33. The summed E-state index contributed by atoms with van der Waals surface area (Å²) < 4.78 is 6.68. The van der Waals surface area contributed by atoms with E-state index in [9.17, 15) is 9.59 Å². The summed E-state index contributed by atoms with van der Waals surface area (Å²) in [6.07, 6.45) is 0. The van der Waals surface area contributed by atoms with Gasteiger partial charge in [-0.25, -0.2) is 14.5 Å². The second-order valence-corrected chi connectivity index (χ2v) is 7.08.